The number of carbonyl (C=O) groups excluding carboxylic acids is 4. The van der Waals surface area contributed by atoms with Gasteiger partial charge in [0.05, 0.1) is 17.8 Å². The number of fused-ring (bicyclic) bond motifs is 2. The Morgan fingerprint density at radius 1 is 0.733 bits per heavy atom. The van der Waals surface area contributed by atoms with Crippen molar-refractivity contribution in [2.75, 3.05) is 0 Å². The summed E-state index contributed by atoms with van der Waals surface area (Å²) >= 11 is 0. The molecule has 156 valence electrons. The van der Waals surface area contributed by atoms with Crippen molar-refractivity contribution in [1.29, 1.82) is 0 Å². The van der Waals surface area contributed by atoms with Gasteiger partial charge >= 0.3 is 12.3 Å². The molecule has 2 aromatic carbocycles. The van der Waals surface area contributed by atoms with Crippen molar-refractivity contribution in [2.45, 2.75) is 39.9 Å². The van der Waals surface area contributed by atoms with Crippen LogP contribution in [0.15, 0.2) is 36.4 Å². The van der Waals surface area contributed by atoms with Crippen molar-refractivity contribution in [3.05, 3.63) is 58.7 Å². The van der Waals surface area contributed by atoms with Crippen molar-refractivity contribution in [1.82, 2.24) is 0 Å². The van der Waals surface area contributed by atoms with Crippen LogP contribution in [0, 0.1) is 0 Å². The summed E-state index contributed by atoms with van der Waals surface area (Å²) in [4.78, 5) is 50.0. The predicted octanol–water partition coefficient (Wildman–Crippen LogP) is 4.31. The zero-order valence-corrected chi connectivity index (χ0v) is 16.9. The van der Waals surface area contributed by atoms with E-state index < -0.39 is 36.1 Å². The highest BCUT2D eigenvalue weighted by atomic mass is 16.7. The number of rotatable bonds is 4. The van der Waals surface area contributed by atoms with Crippen LogP contribution in [0.5, 0.6) is 11.5 Å². The maximum absolute atomic E-state index is 13.0. The molecule has 0 aromatic heterocycles. The number of ether oxygens (including phenoxy) is 4. The topological polar surface area (TPSA) is 105 Å². The molecule has 1 aliphatic rings. The number of ketones is 2. The molecule has 2 aromatic rings. The molecule has 0 radical (unpaired) electrons. The van der Waals surface area contributed by atoms with Crippen LogP contribution in [-0.2, 0) is 9.47 Å². The van der Waals surface area contributed by atoms with Gasteiger partial charge in [0.15, 0.2) is 11.6 Å². The lowest BCUT2D eigenvalue weighted by atomic mass is 9.83. The number of carbonyl (C=O) groups is 4. The summed E-state index contributed by atoms with van der Waals surface area (Å²) in [6.07, 6.45) is -2.96. The summed E-state index contributed by atoms with van der Waals surface area (Å²) in [7, 11) is 0. The van der Waals surface area contributed by atoms with Gasteiger partial charge in [-0.1, -0.05) is 24.3 Å². The molecule has 1 aliphatic carbocycles. The van der Waals surface area contributed by atoms with Crippen molar-refractivity contribution in [3.63, 3.8) is 0 Å². The maximum Gasteiger partial charge on any atom is 0.514 e. The van der Waals surface area contributed by atoms with Crippen molar-refractivity contribution in [2.24, 2.45) is 0 Å². The first-order valence-corrected chi connectivity index (χ1v) is 9.30. The van der Waals surface area contributed by atoms with Crippen LogP contribution in [-0.4, -0.2) is 36.1 Å². The predicted molar refractivity (Wildman–Crippen MR) is 104 cm³/mol. The van der Waals surface area contributed by atoms with Crippen LogP contribution in [0.25, 0.3) is 0 Å². The van der Waals surface area contributed by atoms with Crippen LogP contribution < -0.4 is 9.47 Å². The molecule has 30 heavy (non-hydrogen) atoms. The quantitative estimate of drug-likeness (QED) is 0.461. The highest BCUT2D eigenvalue weighted by Gasteiger charge is 2.34. The molecule has 0 bridgehead atoms. The van der Waals surface area contributed by atoms with Gasteiger partial charge in [-0.25, -0.2) is 9.59 Å². The first-order valence-electron chi connectivity index (χ1n) is 9.30. The number of hydrogen-bond donors (Lipinski definition) is 0. The lowest BCUT2D eigenvalue weighted by Crippen LogP contribution is -2.24. The fourth-order valence-electron chi connectivity index (χ4n) is 2.92. The number of benzene rings is 2. The van der Waals surface area contributed by atoms with Gasteiger partial charge < -0.3 is 18.9 Å². The highest BCUT2D eigenvalue weighted by Crippen LogP contribution is 2.37. The maximum atomic E-state index is 13.0. The first kappa shape index (κ1) is 21.0. The van der Waals surface area contributed by atoms with Crippen LogP contribution in [0.2, 0.25) is 0 Å². The Kier molecular flexibility index (Phi) is 5.86. The van der Waals surface area contributed by atoms with Crippen LogP contribution in [0.3, 0.4) is 0 Å². The Labute approximate surface area is 172 Å². The minimum absolute atomic E-state index is 0.0547. The molecule has 3 rings (SSSR count). The fraction of sp³-hybridized carbons (Fsp3) is 0.273. The minimum atomic E-state index is -1.06. The molecule has 0 atom stereocenters. The average Bonchev–Trinajstić information content (AvgIpc) is 2.64. The molecule has 0 fully saturated rings. The average molecular weight is 412 g/mol. The fourth-order valence-corrected chi connectivity index (χ4v) is 2.92. The normalized spacial score (nSPS) is 12.3. The Hall–Kier alpha value is -3.68. The minimum Gasteiger partial charge on any atom is -0.431 e. The second kappa shape index (κ2) is 8.36. The molecule has 0 saturated heterocycles. The van der Waals surface area contributed by atoms with Gasteiger partial charge in [0, 0.05) is 22.8 Å². The molecule has 0 aliphatic heterocycles. The summed E-state index contributed by atoms with van der Waals surface area (Å²) in [5, 5.41) is 0. The summed E-state index contributed by atoms with van der Waals surface area (Å²) in [6.45, 7) is 6.54. The van der Waals surface area contributed by atoms with Crippen molar-refractivity contribution in [3.8, 4) is 11.5 Å². The molecule has 0 amide bonds. The van der Waals surface area contributed by atoms with Gasteiger partial charge in [-0.3, -0.25) is 9.59 Å². The van der Waals surface area contributed by atoms with E-state index in [1.807, 2.05) is 0 Å². The summed E-state index contributed by atoms with van der Waals surface area (Å²) in [6, 6.07) is 8.70. The van der Waals surface area contributed by atoms with Gasteiger partial charge in [0.25, 0.3) is 0 Å². The third-order valence-electron chi connectivity index (χ3n) is 4.02. The van der Waals surface area contributed by atoms with Gasteiger partial charge in [-0.05, 0) is 33.8 Å². The molecular formula is C22H20O8. The molecule has 0 unspecified atom stereocenters. The Morgan fingerprint density at radius 2 is 1.27 bits per heavy atom. The van der Waals surface area contributed by atoms with Gasteiger partial charge in [-0.2, -0.15) is 0 Å². The molecule has 0 heterocycles. The van der Waals surface area contributed by atoms with Crippen LogP contribution in [0.4, 0.5) is 9.59 Å². The zero-order valence-electron chi connectivity index (χ0n) is 16.9. The lowest BCUT2D eigenvalue weighted by Gasteiger charge is -2.21. The van der Waals surface area contributed by atoms with Gasteiger partial charge in [0.2, 0.25) is 0 Å². The zero-order chi connectivity index (χ0) is 22.0. The van der Waals surface area contributed by atoms with E-state index in [-0.39, 0.29) is 33.8 Å². The van der Waals surface area contributed by atoms with E-state index in [0.717, 1.165) is 0 Å². The second-order valence-electron chi connectivity index (χ2n) is 7.09. The Morgan fingerprint density at radius 3 is 1.83 bits per heavy atom. The molecular weight excluding hydrogens is 392 g/mol. The van der Waals surface area contributed by atoms with E-state index in [4.69, 9.17) is 18.9 Å². The third kappa shape index (κ3) is 4.32. The summed E-state index contributed by atoms with van der Waals surface area (Å²) in [5.74, 6) is -1.33. The summed E-state index contributed by atoms with van der Waals surface area (Å²) < 4.78 is 20.2. The van der Waals surface area contributed by atoms with E-state index >= 15 is 0 Å². The van der Waals surface area contributed by atoms with Crippen molar-refractivity contribution >= 4 is 23.9 Å². The molecule has 0 spiro atoms. The van der Waals surface area contributed by atoms with E-state index in [0.29, 0.717) is 0 Å². The van der Waals surface area contributed by atoms with Gasteiger partial charge in [-0.15, -0.1) is 0 Å². The van der Waals surface area contributed by atoms with Crippen LogP contribution in [0.1, 0.15) is 59.5 Å². The SMILES string of the molecule is CC(C)OC(=O)Oc1cc(OC(=O)OC(C)C)c2c(c1)C(=O)c1ccccc1C2=O. The first-order chi connectivity index (χ1) is 14.2. The van der Waals surface area contributed by atoms with Crippen molar-refractivity contribution < 1.29 is 38.1 Å². The monoisotopic (exact) mass is 412 g/mol. The second-order valence-corrected chi connectivity index (χ2v) is 7.09. The molecule has 8 heteroatoms. The largest absolute Gasteiger partial charge is 0.514 e. The standard InChI is InChI=1S/C22H20O8/c1-11(2)27-21(25)29-13-9-16-18(17(10-13)30-22(26)28-12(3)4)20(24)15-8-6-5-7-14(15)19(16)23/h5-12H,1-4H3. The van der Waals surface area contributed by atoms with E-state index in [2.05, 4.69) is 0 Å². The third-order valence-corrected chi connectivity index (χ3v) is 4.02. The number of hydrogen-bond acceptors (Lipinski definition) is 8. The summed E-state index contributed by atoms with van der Waals surface area (Å²) in [5.41, 5.74) is 0.224. The van der Waals surface area contributed by atoms with E-state index in [9.17, 15) is 19.2 Å². The van der Waals surface area contributed by atoms with E-state index in [1.54, 1.807) is 39.8 Å². The van der Waals surface area contributed by atoms with E-state index in [1.165, 1.54) is 24.3 Å². The Bertz CT molecular complexity index is 1040. The van der Waals surface area contributed by atoms with Gasteiger partial charge in [0.1, 0.15) is 11.5 Å². The van der Waals surface area contributed by atoms with Crippen LogP contribution >= 0.6 is 0 Å². The smallest absolute Gasteiger partial charge is 0.431 e. The molecule has 0 N–H and O–H groups in total. The Balaban J connectivity index is 2.08. The highest BCUT2D eigenvalue weighted by molar-refractivity contribution is 6.29. The lowest BCUT2D eigenvalue weighted by molar-refractivity contribution is 0.0714. The molecule has 0 saturated carbocycles. The molecule has 8 nitrogen and oxygen atoms in total.